The van der Waals surface area contributed by atoms with Crippen molar-refractivity contribution in [2.75, 3.05) is 0 Å². The van der Waals surface area contributed by atoms with Gasteiger partial charge in [-0.1, -0.05) is 13.3 Å². The van der Waals surface area contributed by atoms with Crippen LogP contribution in [-0.2, 0) is 12.4 Å². The van der Waals surface area contributed by atoms with E-state index in [0.717, 1.165) is 36.2 Å². The Hall–Kier alpha value is -0.360. The molecule has 17 heavy (non-hydrogen) atoms. The Bertz CT molecular complexity index is 539. The molecule has 0 saturated carbocycles. The minimum absolute atomic E-state index is 0.197. The van der Waals surface area contributed by atoms with Crippen LogP contribution in [0.15, 0.2) is 12.1 Å². The Kier molecular flexibility index (Phi) is 4.25. The van der Waals surface area contributed by atoms with E-state index in [1.165, 1.54) is 0 Å². The van der Waals surface area contributed by atoms with Gasteiger partial charge < -0.3 is 4.57 Å². The maximum Gasteiger partial charge on any atom is 0.138 e. The van der Waals surface area contributed by atoms with Gasteiger partial charge in [0.1, 0.15) is 11.6 Å². The largest absolute Gasteiger partial charge is 0.327 e. The highest BCUT2D eigenvalue weighted by Gasteiger charge is 2.12. The van der Waals surface area contributed by atoms with E-state index in [2.05, 4.69) is 11.9 Å². The topological polar surface area (TPSA) is 17.8 Å². The van der Waals surface area contributed by atoms with Gasteiger partial charge in [0.15, 0.2) is 0 Å². The zero-order valence-electron chi connectivity index (χ0n) is 9.51. The first-order chi connectivity index (χ1) is 8.17. The molecule has 0 aliphatic carbocycles. The zero-order valence-corrected chi connectivity index (χ0v) is 12.4. The lowest BCUT2D eigenvalue weighted by molar-refractivity contribution is 0.612. The molecule has 0 N–H and O–H groups in total. The molecular formula is C12H13ClFIN2. The Balaban J connectivity index is 2.57. The highest BCUT2D eigenvalue weighted by Crippen LogP contribution is 2.23. The molecule has 0 aliphatic rings. The average Bonchev–Trinajstić information content (AvgIpc) is 2.64. The number of hydrogen-bond acceptors (Lipinski definition) is 1. The Labute approximate surface area is 118 Å². The van der Waals surface area contributed by atoms with Crippen LogP contribution in [0.4, 0.5) is 4.39 Å². The standard InChI is InChI=1S/C12H13ClFIN2/c1-2-3-4-17-11-5-8(14)9(15)6-10(11)16-12(17)7-13/h5-6H,2-4,7H2,1H3. The molecule has 0 spiro atoms. The number of halogens is 3. The van der Waals surface area contributed by atoms with E-state index >= 15 is 0 Å². The second-order valence-electron chi connectivity index (χ2n) is 3.92. The van der Waals surface area contributed by atoms with Crippen LogP contribution in [0.2, 0.25) is 0 Å². The van der Waals surface area contributed by atoms with Crippen LogP contribution in [0, 0.1) is 9.39 Å². The van der Waals surface area contributed by atoms with E-state index in [9.17, 15) is 4.39 Å². The third kappa shape index (κ3) is 2.57. The second-order valence-corrected chi connectivity index (χ2v) is 5.35. The molecule has 0 unspecified atom stereocenters. The molecule has 2 aromatic rings. The van der Waals surface area contributed by atoms with Gasteiger partial charge in [-0.25, -0.2) is 9.37 Å². The number of unbranched alkanes of at least 4 members (excludes halogenated alkanes) is 1. The van der Waals surface area contributed by atoms with E-state index in [1.807, 2.05) is 27.2 Å². The molecule has 2 rings (SSSR count). The van der Waals surface area contributed by atoms with E-state index < -0.39 is 0 Å². The van der Waals surface area contributed by atoms with Gasteiger partial charge in [0.05, 0.1) is 20.5 Å². The molecule has 0 atom stereocenters. The summed E-state index contributed by atoms with van der Waals surface area (Å²) in [6.45, 7) is 2.97. The van der Waals surface area contributed by atoms with Crippen molar-refractivity contribution in [1.82, 2.24) is 9.55 Å². The van der Waals surface area contributed by atoms with Crippen molar-refractivity contribution in [3.05, 3.63) is 27.3 Å². The van der Waals surface area contributed by atoms with Crippen LogP contribution < -0.4 is 0 Å². The fourth-order valence-corrected chi connectivity index (χ4v) is 2.49. The van der Waals surface area contributed by atoms with E-state index in [1.54, 1.807) is 12.1 Å². The van der Waals surface area contributed by atoms with Gasteiger partial charge in [-0.3, -0.25) is 0 Å². The SMILES string of the molecule is CCCCn1c(CCl)nc2cc(I)c(F)cc21. The van der Waals surface area contributed by atoms with E-state index in [4.69, 9.17) is 11.6 Å². The number of imidazole rings is 1. The molecule has 0 bridgehead atoms. The van der Waals surface area contributed by atoms with Crippen molar-refractivity contribution in [3.63, 3.8) is 0 Å². The lowest BCUT2D eigenvalue weighted by atomic mass is 10.3. The fourth-order valence-electron chi connectivity index (χ4n) is 1.84. The monoisotopic (exact) mass is 366 g/mol. The molecule has 92 valence electrons. The molecule has 5 heteroatoms. The summed E-state index contributed by atoms with van der Waals surface area (Å²) in [6.07, 6.45) is 2.14. The first-order valence-electron chi connectivity index (χ1n) is 5.57. The van der Waals surface area contributed by atoms with Crippen LogP contribution in [-0.4, -0.2) is 9.55 Å². The predicted octanol–water partition coefficient (Wildman–Crippen LogP) is 4.32. The molecule has 0 aliphatic heterocycles. The van der Waals surface area contributed by atoms with Crippen LogP contribution in [0.3, 0.4) is 0 Å². The maximum atomic E-state index is 13.6. The van der Waals surface area contributed by atoms with Crippen LogP contribution in [0.25, 0.3) is 11.0 Å². The van der Waals surface area contributed by atoms with E-state index in [-0.39, 0.29) is 5.82 Å². The number of fused-ring (bicyclic) bond motifs is 1. The maximum absolute atomic E-state index is 13.6. The average molecular weight is 367 g/mol. The van der Waals surface area contributed by atoms with Crippen LogP contribution in [0.5, 0.6) is 0 Å². The van der Waals surface area contributed by atoms with Gasteiger partial charge in [-0.05, 0) is 35.1 Å². The summed E-state index contributed by atoms with van der Waals surface area (Å²) in [4.78, 5) is 4.45. The van der Waals surface area contributed by atoms with Gasteiger partial charge >= 0.3 is 0 Å². The first kappa shape index (κ1) is 13.1. The number of aryl methyl sites for hydroxylation is 1. The zero-order chi connectivity index (χ0) is 12.4. The Morgan fingerprint density at radius 3 is 2.88 bits per heavy atom. The van der Waals surface area contributed by atoms with Crippen LogP contribution in [0.1, 0.15) is 25.6 Å². The van der Waals surface area contributed by atoms with Crippen molar-refractivity contribution in [3.8, 4) is 0 Å². The molecule has 1 aromatic carbocycles. The van der Waals surface area contributed by atoms with Crippen molar-refractivity contribution >= 4 is 45.2 Å². The highest BCUT2D eigenvalue weighted by molar-refractivity contribution is 14.1. The van der Waals surface area contributed by atoms with Crippen molar-refractivity contribution in [2.45, 2.75) is 32.2 Å². The third-order valence-electron chi connectivity index (χ3n) is 2.72. The lowest BCUT2D eigenvalue weighted by Gasteiger charge is -2.06. The molecule has 0 amide bonds. The quantitative estimate of drug-likeness (QED) is 0.582. The summed E-state index contributed by atoms with van der Waals surface area (Å²) in [7, 11) is 0. The highest BCUT2D eigenvalue weighted by atomic mass is 127. The minimum atomic E-state index is -0.197. The number of hydrogen-bond donors (Lipinski definition) is 0. The number of aromatic nitrogens is 2. The molecule has 0 radical (unpaired) electrons. The summed E-state index contributed by atoms with van der Waals surface area (Å²) in [5, 5.41) is 0. The van der Waals surface area contributed by atoms with Crippen molar-refractivity contribution < 1.29 is 4.39 Å². The molecule has 1 heterocycles. The molecule has 0 saturated heterocycles. The summed E-state index contributed by atoms with van der Waals surface area (Å²) in [5.41, 5.74) is 1.66. The first-order valence-corrected chi connectivity index (χ1v) is 7.18. The molecule has 2 nitrogen and oxygen atoms in total. The van der Waals surface area contributed by atoms with Crippen molar-refractivity contribution in [2.24, 2.45) is 0 Å². The molecular weight excluding hydrogens is 354 g/mol. The summed E-state index contributed by atoms with van der Waals surface area (Å²) < 4.78 is 16.2. The smallest absolute Gasteiger partial charge is 0.138 e. The summed E-state index contributed by atoms with van der Waals surface area (Å²) in [6, 6.07) is 3.32. The van der Waals surface area contributed by atoms with Gasteiger partial charge in [0, 0.05) is 12.6 Å². The number of nitrogens with zero attached hydrogens (tertiary/aromatic N) is 2. The summed E-state index contributed by atoms with van der Waals surface area (Å²) in [5.74, 6) is 0.977. The number of alkyl halides is 1. The second kappa shape index (κ2) is 5.52. The van der Waals surface area contributed by atoms with Gasteiger partial charge in [0.2, 0.25) is 0 Å². The van der Waals surface area contributed by atoms with Gasteiger partial charge in [0.25, 0.3) is 0 Å². The fraction of sp³-hybridized carbons (Fsp3) is 0.417. The van der Waals surface area contributed by atoms with E-state index in [0.29, 0.717) is 9.45 Å². The third-order valence-corrected chi connectivity index (χ3v) is 3.79. The number of rotatable bonds is 4. The van der Waals surface area contributed by atoms with Crippen LogP contribution >= 0.6 is 34.2 Å². The predicted molar refractivity (Wildman–Crippen MR) is 76.9 cm³/mol. The number of benzene rings is 1. The Morgan fingerprint density at radius 1 is 1.47 bits per heavy atom. The normalized spacial score (nSPS) is 11.3. The molecule has 0 fully saturated rings. The van der Waals surface area contributed by atoms with Gasteiger partial charge in [-0.15, -0.1) is 11.6 Å². The minimum Gasteiger partial charge on any atom is -0.327 e. The molecule has 1 aromatic heterocycles. The van der Waals surface area contributed by atoms with Crippen molar-refractivity contribution in [1.29, 1.82) is 0 Å². The summed E-state index contributed by atoms with van der Waals surface area (Å²) >= 11 is 7.86. The lowest BCUT2D eigenvalue weighted by Crippen LogP contribution is -2.02. The van der Waals surface area contributed by atoms with Gasteiger partial charge in [-0.2, -0.15) is 0 Å². The Morgan fingerprint density at radius 2 is 2.24 bits per heavy atom.